The molecule has 1 fully saturated rings. The van der Waals surface area contributed by atoms with Gasteiger partial charge in [-0.15, -0.1) is 0 Å². The van der Waals surface area contributed by atoms with Gasteiger partial charge in [0.05, 0.1) is 19.2 Å². The van der Waals surface area contributed by atoms with Gasteiger partial charge in [0.2, 0.25) is 5.88 Å². The number of aliphatic carboxylic acids is 1. The van der Waals surface area contributed by atoms with Gasteiger partial charge in [0.1, 0.15) is 17.7 Å². The molecule has 1 saturated carbocycles. The van der Waals surface area contributed by atoms with Crippen molar-refractivity contribution in [2.45, 2.75) is 51.2 Å². The molecule has 0 radical (unpaired) electrons. The predicted octanol–water partition coefficient (Wildman–Crippen LogP) is 5.90. The van der Waals surface area contributed by atoms with E-state index < -0.39 is 17.7 Å². The minimum absolute atomic E-state index is 0.000501. The number of halogens is 1. The number of benzene rings is 2. The second-order valence-corrected chi connectivity index (χ2v) is 10.2. The lowest BCUT2D eigenvalue weighted by Crippen LogP contribution is -2.21. The highest BCUT2D eigenvalue weighted by atomic mass is 19.1. The number of hydrogen-bond acceptors (Lipinski definition) is 5. The Bertz CT molecular complexity index is 1310. The van der Waals surface area contributed by atoms with E-state index in [1.807, 2.05) is 19.2 Å². The van der Waals surface area contributed by atoms with Gasteiger partial charge < -0.3 is 19.9 Å². The normalized spacial score (nSPS) is 18.4. The molecule has 6 nitrogen and oxygen atoms in total. The largest absolute Gasteiger partial charge is 0.485 e. The first-order chi connectivity index (χ1) is 17.9. The van der Waals surface area contributed by atoms with Crippen LogP contribution in [-0.4, -0.2) is 30.2 Å². The molecule has 2 aliphatic rings. The number of rotatable bonds is 9. The van der Waals surface area contributed by atoms with Crippen molar-refractivity contribution in [1.29, 1.82) is 0 Å². The number of aryl methyl sites for hydroxylation is 1. The molecule has 2 aromatic carbocycles. The van der Waals surface area contributed by atoms with E-state index in [9.17, 15) is 14.3 Å². The molecule has 0 saturated heterocycles. The van der Waals surface area contributed by atoms with E-state index in [1.54, 1.807) is 13.0 Å². The highest BCUT2D eigenvalue weighted by molar-refractivity contribution is 5.71. The van der Waals surface area contributed by atoms with E-state index in [0.717, 1.165) is 59.3 Å². The molecular formula is C30H33FN2O4. The molecule has 2 heterocycles. The number of pyridine rings is 1. The van der Waals surface area contributed by atoms with Gasteiger partial charge in [0.25, 0.3) is 0 Å². The first-order valence-electron chi connectivity index (χ1n) is 12.9. The first-order valence-corrected chi connectivity index (χ1v) is 12.9. The van der Waals surface area contributed by atoms with Crippen LogP contribution in [0.4, 0.5) is 4.39 Å². The van der Waals surface area contributed by atoms with E-state index >= 15 is 0 Å². The van der Waals surface area contributed by atoms with E-state index in [0.29, 0.717) is 23.9 Å². The molecule has 37 heavy (non-hydrogen) atoms. The summed E-state index contributed by atoms with van der Waals surface area (Å²) in [5.74, 6) is 0.0272. The number of nitrogens with one attached hydrogen (secondary N) is 1. The highest BCUT2D eigenvalue weighted by Gasteiger charge is 2.39. The van der Waals surface area contributed by atoms with Crippen molar-refractivity contribution in [2.24, 2.45) is 11.8 Å². The number of hydrogen-bond donors (Lipinski definition) is 2. The van der Waals surface area contributed by atoms with Gasteiger partial charge in [0, 0.05) is 18.2 Å². The van der Waals surface area contributed by atoms with Crippen molar-refractivity contribution in [1.82, 2.24) is 10.3 Å². The molecule has 0 bridgehead atoms. The second-order valence-electron chi connectivity index (χ2n) is 10.2. The number of methoxy groups -OCH3 is 1. The van der Waals surface area contributed by atoms with Crippen molar-refractivity contribution in [3.8, 4) is 22.8 Å². The van der Waals surface area contributed by atoms with Gasteiger partial charge >= 0.3 is 5.97 Å². The maximum Gasteiger partial charge on any atom is 0.306 e. The number of carbonyl (C=O) groups is 1. The van der Waals surface area contributed by atoms with E-state index in [1.165, 1.54) is 13.3 Å². The first kappa shape index (κ1) is 25.2. The molecule has 2 N–H and O–H groups in total. The minimum atomic E-state index is -0.756. The van der Waals surface area contributed by atoms with Gasteiger partial charge in [0.15, 0.2) is 0 Å². The molecule has 5 rings (SSSR count). The molecule has 3 aromatic rings. The minimum Gasteiger partial charge on any atom is -0.485 e. The van der Waals surface area contributed by atoms with Gasteiger partial charge in [-0.2, -0.15) is 0 Å². The van der Waals surface area contributed by atoms with Crippen LogP contribution in [0.3, 0.4) is 0 Å². The average molecular weight is 505 g/mol. The summed E-state index contributed by atoms with van der Waals surface area (Å²) in [6.45, 7) is 2.37. The summed E-state index contributed by atoms with van der Waals surface area (Å²) >= 11 is 0. The Kier molecular flexibility index (Phi) is 7.15. The van der Waals surface area contributed by atoms with Crippen LogP contribution in [0.5, 0.6) is 11.6 Å². The van der Waals surface area contributed by atoms with Crippen LogP contribution in [0.1, 0.15) is 60.5 Å². The Hall–Kier alpha value is -3.45. The molecular weight excluding hydrogens is 471 g/mol. The number of carboxylic acids is 1. The number of ether oxygens (including phenoxy) is 2. The SMILES string of the molecule is CNCc1cc([C@@H]2CCc3ccc(C(C4CC4)[C@H](C)C(=O)O)cc3O2)ccc1-c1cc(OC)ncc1F. The van der Waals surface area contributed by atoms with Gasteiger partial charge in [-0.25, -0.2) is 9.37 Å². The molecule has 194 valence electrons. The summed E-state index contributed by atoms with van der Waals surface area (Å²) in [6.07, 6.45) is 4.91. The molecule has 1 aliphatic heterocycles. The maximum atomic E-state index is 14.7. The van der Waals surface area contributed by atoms with Crippen molar-refractivity contribution in [3.05, 3.63) is 76.7 Å². The third kappa shape index (κ3) is 5.18. The zero-order valence-corrected chi connectivity index (χ0v) is 21.5. The summed E-state index contributed by atoms with van der Waals surface area (Å²) < 4.78 is 26.4. The van der Waals surface area contributed by atoms with Crippen molar-refractivity contribution in [2.75, 3.05) is 14.2 Å². The third-order valence-corrected chi connectivity index (χ3v) is 7.68. The zero-order chi connectivity index (χ0) is 26.1. The Morgan fingerprint density at radius 2 is 2.00 bits per heavy atom. The van der Waals surface area contributed by atoms with Crippen LogP contribution in [-0.2, 0) is 17.8 Å². The fourth-order valence-electron chi connectivity index (χ4n) is 5.56. The van der Waals surface area contributed by atoms with Gasteiger partial charge in [-0.05, 0) is 78.5 Å². The summed E-state index contributed by atoms with van der Waals surface area (Å²) in [4.78, 5) is 15.7. The van der Waals surface area contributed by atoms with E-state index in [2.05, 4.69) is 34.6 Å². The Morgan fingerprint density at radius 3 is 2.70 bits per heavy atom. The molecule has 1 aromatic heterocycles. The monoisotopic (exact) mass is 504 g/mol. The maximum absolute atomic E-state index is 14.7. The van der Waals surface area contributed by atoms with Crippen molar-refractivity contribution < 1.29 is 23.8 Å². The van der Waals surface area contributed by atoms with E-state index in [4.69, 9.17) is 9.47 Å². The van der Waals surface area contributed by atoms with E-state index in [-0.39, 0.29) is 12.0 Å². The van der Waals surface area contributed by atoms with Crippen molar-refractivity contribution >= 4 is 5.97 Å². The molecule has 1 unspecified atom stereocenters. The van der Waals surface area contributed by atoms with Crippen molar-refractivity contribution in [3.63, 3.8) is 0 Å². The lowest BCUT2D eigenvalue weighted by molar-refractivity contribution is -0.142. The quantitative estimate of drug-likeness (QED) is 0.378. The third-order valence-electron chi connectivity index (χ3n) is 7.68. The van der Waals surface area contributed by atoms with Crippen LogP contribution in [0.15, 0.2) is 48.7 Å². The summed E-state index contributed by atoms with van der Waals surface area (Å²) in [5.41, 5.74) is 5.41. The molecule has 0 amide bonds. The Labute approximate surface area is 216 Å². The van der Waals surface area contributed by atoms with Gasteiger partial charge in [-0.3, -0.25) is 4.79 Å². The summed E-state index contributed by atoms with van der Waals surface area (Å²) in [7, 11) is 3.38. The second kappa shape index (κ2) is 10.5. The number of nitrogens with zero attached hydrogens (tertiary/aromatic N) is 1. The summed E-state index contributed by atoms with van der Waals surface area (Å²) in [6, 6.07) is 13.9. The summed E-state index contributed by atoms with van der Waals surface area (Å²) in [5, 5.41) is 12.9. The predicted molar refractivity (Wildman–Crippen MR) is 139 cm³/mol. The molecule has 0 spiro atoms. The lowest BCUT2D eigenvalue weighted by atomic mass is 9.82. The molecule has 3 atom stereocenters. The smallest absolute Gasteiger partial charge is 0.306 e. The number of carboxylic acid groups (broad SMARTS) is 1. The molecule has 7 heteroatoms. The van der Waals surface area contributed by atoms with Gasteiger partial charge in [-0.1, -0.05) is 37.3 Å². The highest BCUT2D eigenvalue weighted by Crippen LogP contribution is 2.48. The topological polar surface area (TPSA) is 80.7 Å². The molecule has 1 aliphatic carbocycles. The number of aromatic nitrogens is 1. The Morgan fingerprint density at radius 1 is 1.19 bits per heavy atom. The average Bonchev–Trinajstić information content (AvgIpc) is 3.74. The zero-order valence-electron chi connectivity index (χ0n) is 21.5. The lowest BCUT2D eigenvalue weighted by Gasteiger charge is -2.29. The fourth-order valence-corrected chi connectivity index (χ4v) is 5.56. The number of fused-ring (bicyclic) bond motifs is 1. The Balaban J connectivity index is 1.44. The fraction of sp³-hybridized carbons (Fsp3) is 0.400. The van der Waals surface area contributed by atoms with Crippen LogP contribution in [0.25, 0.3) is 11.1 Å². The standard InChI is InChI=1S/C30H33FN2O4/c1-17(30(34)35)29(19-5-6-19)21-7-4-18-9-11-26(37-27(18)13-21)20-8-10-23(22(12-20)15-32-2)24-14-28(36-3)33-16-25(24)31/h4,7-8,10,12-14,16-17,19,26,29,32H,5-6,9,11,15H2,1-3H3,(H,34,35)/t17-,26-,29?/m0/s1. The van der Waals surface area contributed by atoms with Crippen LogP contribution in [0.2, 0.25) is 0 Å². The van der Waals surface area contributed by atoms with Crippen LogP contribution < -0.4 is 14.8 Å². The van der Waals surface area contributed by atoms with Crippen LogP contribution in [0, 0.1) is 17.7 Å². The van der Waals surface area contributed by atoms with Crippen LogP contribution >= 0.6 is 0 Å².